The Balaban J connectivity index is 1.54. The summed E-state index contributed by atoms with van der Waals surface area (Å²) >= 11 is 7.30. The van der Waals surface area contributed by atoms with Gasteiger partial charge in [0.1, 0.15) is 11.0 Å². The van der Waals surface area contributed by atoms with Crippen molar-refractivity contribution in [1.29, 1.82) is 0 Å². The summed E-state index contributed by atoms with van der Waals surface area (Å²) in [7, 11) is 4.08. The highest BCUT2D eigenvalue weighted by Crippen LogP contribution is 2.29. The monoisotopic (exact) mass is 487 g/mol. The van der Waals surface area contributed by atoms with E-state index in [0.29, 0.717) is 27.7 Å². The molecule has 1 aromatic heterocycles. The first-order valence-electron chi connectivity index (χ1n) is 10.1. The highest BCUT2D eigenvalue weighted by molar-refractivity contribution is 7.99. The molecule has 3 rings (SSSR count). The van der Waals surface area contributed by atoms with Crippen molar-refractivity contribution in [3.8, 4) is 0 Å². The van der Waals surface area contributed by atoms with E-state index in [4.69, 9.17) is 11.6 Å². The predicted octanol–water partition coefficient (Wildman–Crippen LogP) is 4.09. The normalized spacial score (nSPS) is 15.6. The largest absolute Gasteiger partial charge is 0.416 e. The molecule has 1 amide bonds. The molecular formula is C21H25ClF3N5OS. The van der Waals surface area contributed by atoms with Crippen LogP contribution in [-0.2, 0) is 17.5 Å². The first-order chi connectivity index (χ1) is 15.1. The lowest BCUT2D eigenvalue weighted by molar-refractivity contribution is -0.137. The van der Waals surface area contributed by atoms with Crippen LogP contribution < -0.4 is 10.2 Å². The van der Waals surface area contributed by atoms with Gasteiger partial charge in [-0.2, -0.15) is 13.2 Å². The number of nitrogens with zero attached hydrogens (tertiary/aromatic N) is 4. The smallest absolute Gasteiger partial charge is 0.356 e. The number of carbonyl (C=O) groups excluding carboxylic acids is 1. The van der Waals surface area contributed by atoms with Gasteiger partial charge in [-0.1, -0.05) is 35.5 Å². The molecule has 0 atom stereocenters. The van der Waals surface area contributed by atoms with Gasteiger partial charge in [-0.3, -0.25) is 4.79 Å². The van der Waals surface area contributed by atoms with Crippen LogP contribution in [0.5, 0.6) is 0 Å². The van der Waals surface area contributed by atoms with E-state index in [2.05, 4.69) is 32.1 Å². The van der Waals surface area contributed by atoms with Crippen molar-refractivity contribution < 1.29 is 18.0 Å². The number of piperidine rings is 1. The van der Waals surface area contributed by atoms with E-state index in [-0.39, 0.29) is 18.2 Å². The van der Waals surface area contributed by atoms with Gasteiger partial charge in [0, 0.05) is 25.7 Å². The van der Waals surface area contributed by atoms with E-state index in [1.807, 2.05) is 7.05 Å². The van der Waals surface area contributed by atoms with Gasteiger partial charge >= 0.3 is 6.18 Å². The highest BCUT2D eigenvalue weighted by atomic mass is 35.5. The van der Waals surface area contributed by atoms with Crippen molar-refractivity contribution in [2.75, 3.05) is 37.8 Å². The number of likely N-dealkylation sites (tertiary alicyclic amines) is 1. The number of anilines is 1. The number of rotatable bonds is 7. The fourth-order valence-corrected chi connectivity index (χ4v) is 4.35. The summed E-state index contributed by atoms with van der Waals surface area (Å²) < 4.78 is 38.4. The number of aromatic nitrogens is 2. The SMILES string of the molecule is CN1CCC(N(C)c2cc(Cl)nc(SCC(=O)NCc3cccc(C(F)(F)F)c3)n2)CC1. The Hall–Kier alpha value is -2.04. The average Bonchev–Trinajstić information content (AvgIpc) is 2.75. The molecule has 1 aliphatic heterocycles. The molecule has 174 valence electrons. The third-order valence-corrected chi connectivity index (χ3v) is 6.38. The lowest BCUT2D eigenvalue weighted by atomic mass is 10.0. The minimum atomic E-state index is -4.42. The lowest BCUT2D eigenvalue weighted by Gasteiger charge is -2.35. The Morgan fingerprint density at radius 3 is 2.69 bits per heavy atom. The molecule has 1 aromatic carbocycles. The Morgan fingerprint density at radius 1 is 1.28 bits per heavy atom. The molecular weight excluding hydrogens is 463 g/mol. The third kappa shape index (κ3) is 6.98. The molecule has 1 aliphatic rings. The minimum absolute atomic E-state index is 0.00380. The summed E-state index contributed by atoms with van der Waals surface area (Å²) in [5.41, 5.74) is -0.369. The molecule has 11 heteroatoms. The van der Waals surface area contributed by atoms with Gasteiger partial charge in [0.2, 0.25) is 5.91 Å². The molecule has 1 fully saturated rings. The Bertz CT molecular complexity index is 938. The zero-order valence-electron chi connectivity index (χ0n) is 17.8. The number of hydrogen-bond acceptors (Lipinski definition) is 6. The van der Waals surface area contributed by atoms with Gasteiger partial charge < -0.3 is 15.1 Å². The molecule has 0 saturated carbocycles. The number of benzene rings is 1. The van der Waals surface area contributed by atoms with E-state index in [1.165, 1.54) is 12.1 Å². The van der Waals surface area contributed by atoms with Crippen molar-refractivity contribution >= 4 is 35.1 Å². The van der Waals surface area contributed by atoms with Gasteiger partial charge in [0.25, 0.3) is 0 Å². The van der Waals surface area contributed by atoms with E-state index in [9.17, 15) is 18.0 Å². The van der Waals surface area contributed by atoms with Crippen LogP contribution in [0.2, 0.25) is 5.15 Å². The van der Waals surface area contributed by atoms with Crippen molar-refractivity contribution in [2.45, 2.75) is 36.8 Å². The molecule has 6 nitrogen and oxygen atoms in total. The Labute approximate surface area is 194 Å². The van der Waals surface area contributed by atoms with Crippen LogP contribution in [0.4, 0.5) is 19.0 Å². The first-order valence-corrected chi connectivity index (χ1v) is 11.5. The molecule has 2 heterocycles. The van der Waals surface area contributed by atoms with Gasteiger partial charge in [0.15, 0.2) is 5.16 Å². The zero-order chi connectivity index (χ0) is 23.3. The Morgan fingerprint density at radius 2 is 2.00 bits per heavy atom. The van der Waals surface area contributed by atoms with Crippen molar-refractivity contribution in [3.05, 3.63) is 46.6 Å². The molecule has 0 bridgehead atoms. The van der Waals surface area contributed by atoms with Crippen LogP contribution in [0.25, 0.3) is 0 Å². The van der Waals surface area contributed by atoms with Crippen LogP contribution in [0.15, 0.2) is 35.5 Å². The molecule has 0 unspecified atom stereocenters. The molecule has 0 aliphatic carbocycles. The fraction of sp³-hybridized carbons (Fsp3) is 0.476. The van der Waals surface area contributed by atoms with Gasteiger partial charge in [-0.15, -0.1) is 0 Å². The third-order valence-electron chi connectivity index (χ3n) is 5.33. The summed E-state index contributed by atoms with van der Waals surface area (Å²) in [4.78, 5) is 25.3. The van der Waals surface area contributed by atoms with Crippen LogP contribution in [0.1, 0.15) is 24.0 Å². The van der Waals surface area contributed by atoms with Crippen LogP contribution in [0, 0.1) is 0 Å². The summed E-state index contributed by atoms with van der Waals surface area (Å²) in [6, 6.07) is 6.94. The summed E-state index contributed by atoms with van der Waals surface area (Å²) in [5, 5.41) is 3.29. The second kappa shape index (κ2) is 10.7. The maximum Gasteiger partial charge on any atom is 0.416 e. The predicted molar refractivity (Wildman–Crippen MR) is 120 cm³/mol. The van der Waals surface area contributed by atoms with E-state index >= 15 is 0 Å². The summed E-state index contributed by atoms with van der Waals surface area (Å²) in [5.74, 6) is 0.393. The first kappa shape index (κ1) is 24.6. The molecule has 1 saturated heterocycles. The number of hydrogen-bond donors (Lipinski definition) is 1. The summed E-state index contributed by atoms with van der Waals surface area (Å²) in [6.45, 7) is 2.03. The maximum atomic E-state index is 12.8. The van der Waals surface area contributed by atoms with Gasteiger partial charge in [-0.25, -0.2) is 9.97 Å². The Kier molecular flexibility index (Phi) is 8.24. The zero-order valence-corrected chi connectivity index (χ0v) is 19.4. The van der Waals surface area contributed by atoms with E-state index < -0.39 is 11.7 Å². The van der Waals surface area contributed by atoms with Crippen LogP contribution in [-0.4, -0.2) is 59.8 Å². The van der Waals surface area contributed by atoms with Crippen molar-refractivity contribution in [1.82, 2.24) is 20.2 Å². The standard InChI is InChI=1S/C21H25ClF3N5OS/c1-29-8-6-16(7-9-29)30(2)18-11-17(22)27-20(28-18)32-13-19(31)26-12-14-4-3-5-15(10-14)21(23,24)25/h3-5,10-11,16H,6-9,12-13H2,1-2H3,(H,26,31). The number of alkyl halides is 3. The van der Waals surface area contributed by atoms with Gasteiger partial charge in [-0.05, 0) is 50.7 Å². The van der Waals surface area contributed by atoms with Crippen molar-refractivity contribution in [3.63, 3.8) is 0 Å². The number of carbonyl (C=O) groups is 1. The molecule has 0 spiro atoms. The second-order valence-electron chi connectivity index (χ2n) is 7.74. The second-order valence-corrected chi connectivity index (χ2v) is 9.07. The highest BCUT2D eigenvalue weighted by Gasteiger charge is 2.30. The average molecular weight is 488 g/mol. The molecule has 0 radical (unpaired) electrons. The quantitative estimate of drug-likeness (QED) is 0.360. The number of nitrogens with one attached hydrogen (secondary N) is 1. The van der Waals surface area contributed by atoms with Crippen LogP contribution >= 0.6 is 23.4 Å². The topological polar surface area (TPSA) is 61.4 Å². The van der Waals surface area contributed by atoms with E-state index in [0.717, 1.165) is 49.8 Å². The molecule has 2 aromatic rings. The summed E-state index contributed by atoms with van der Waals surface area (Å²) in [6.07, 6.45) is -2.37. The van der Waals surface area contributed by atoms with E-state index in [1.54, 1.807) is 6.07 Å². The number of thioether (sulfide) groups is 1. The molecule has 1 N–H and O–H groups in total. The number of amides is 1. The lowest BCUT2D eigenvalue weighted by Crippen LogP contribution is -2.42. The molecule has 32 heavy (non-hydrogen) atoms. The van der Waals surface area contributed by atoms with Crippen LogP contribution in [0.3, 0.4) is 0 Å². The minimum Gasteiger partial charge on any atom is -0.356 e. The maximum absolute atomic E-state index is 12.8. The van der Waals surface area contributed by atoms with Crippen molar-refractivity contribution in [2.24, 2.45) is 0 Å². The number of halogens is 4. The van der Waals surface area contributed by atoms with Gasteiger partial charge in [0.05, 0.1) is 11.3 Å². The fourth-order valence-electron chi connectivity index (χ4n) is 3.44.